The van der Waals surface area contributed by atoms with Crippen molar-refractivity contribution < 1.29 is 13.0 Å². The molecule has 1 atom stereocenters. The van der Waals surface area contributed by atoms with Crippen LogP contribution in [-0.2, 0) is 19.4 Å². The van der Waals surface area contributed by atoms with Gasteiger partial charge in [0.2, 0.25) is 0 Å². The monoisotopic (exact) mass is 371 g/mol. The fraction of sp³-hybridized carbons (Fsp3) is 0.571. The Morgan fingerprint density at radius 1 is 1.09 bits per heavy atom. The zero-order chi connectivity index (χ0) is 17.7. The molecule has 0 spiro atoms. The van der Waals surface area contributed by atoms with Gasteiger partial charge in [-0.05, 0) is 56.8 Å². The summed E-state index contributed by atoms with van der Waals surface area (Å²) in [6.45, 7) is 11.7. The van der Waals surface area contributed by atoms with E-state index in [9.17, 15) is 4.57 Å². The first-order valence-electron chi connectivity index (χ1n) is 7.54. The summed E-state index contributed by atoms with van der Waals surface area (Å²) in [6, 6.07) is 9.52. The average molecular weight is 372 g/mol. The molecule has 0 amide bonds. The van der Waals surface area contributed by atoms with Gasteiger partial charge in [-0.15, -0.1) is 0 Å². The Kier molecular flexibility index (Phi) is 6.83. The molecular weight excluding hydrogens is 345 g/mol. The van der Waals surface area contributed by atoms with Gasteiger partial charge in [0, 0.05) is 4.91 Å². The zero-order valence-corrected chi connectivity index (χ0v) is 17.6. The number of azide groups is 1. The van der Waals surface area contributed by atoms with Crippen molar-refractivity contribution in [3.8, 4) is 0 Å². The van der Waals surface area contributed by atoms with Crippen LogP contribution >= 0.6 is 7.60 Å². The molecule has 0 aromatic heterocycles. The molecule has 128 valence electrons. The van der Waals surface area contributed by atoms with Crippen LogP contribution in [0.3, 0.4) is 0 Å². The van der Waals surface area contributed by atoms with Crippen molar-refractivity contribution in [3.05, 3.63) is 46.3 Å². The van der Waals surface area contributed by atoms with Gasteiger partial charge >= 0.3 is 7.60 Å². The highest BCUT2D eigenvalue weighted by Gasteiger charge is 2.42. The van der Waals surface area contributed by atoms with Crippen LogP contribution in [0.1, 0.15) is 5.56 Å². The van der Waals surface area contributed by atoms with Gasteiger partial charge in [0.1, 0.15) is 5.78 Å². The van der Waals surface area contributed by atoms with E-state index in [1.165, 1.54) is 0 Å². The quantitative estimate of drug-likeness (QED) is 0.191. The summed E-state index contributed by atoms with van der Waals surface area (Å²) in [7, 11) is -7.85. The number of nitrogens with zero attached hydrogens (tertiary/aromatic N) is 3. The van der Waals surface area contributed by atoms with Gasteiger partial charge in [0.25, 0.3) is 0 Å². The maximum Gasteiger partial charge on any atom is 0.320 e. The molecule has 0 saturated carbocycles. The van der Waals surface area contributed by atoms with Crippen LogP contribution in [0.5, 0.6) is 0 Å². The van der Waals surface area contributed by atoms with Crippen molar-refractivity contribution in [2.75, 3.05) is 0 Å². The lowest BCUT2D eigenvalue weighted by Crippen LogP contribution is -2.33. The van der Waals surface area contributed by atoms with Gasteiger partial charge in [-0.1, -0.05) is 35.4 Å². The van der Waals surface area contributed by atoms with Crippen molar-refractivity contribution >= 4 is 24.2 Å². The molecule has 0 bridgehead atoms. The first kappa shape index (κ1) is 20.2. The fourth-order valence-electron chi connectivity index (χ4n) is 2.00. The maximum absolute atomic E-state index is 13.5. The minimum Gasteiger partial charge on any atom is -0.351 e. The first-order chi connectivity index (χ1) is 10.5. The van der Waals surface area contributed by atoms with E-state index in [-0.39, 0.29) is 0 Å². The van der Waals surface area contributed by atoms with Gasteiger partial charge in [-0.3, -0.25) is 4.57 Å². The minimum absolute atomic E-state index is 0.330. The van der Waals surface area contributed by atoms with Gasteiger partial charge in [0.15, 0.2) is 16.6 Å². The lowest BCUT2D eigenvalue weighted by molar-refractivity contribution is 0.368. The Balaban J connectivity index is 3.22. The standard InChI is InChI=1S/C14H26N3O3PSi2/c1-22(2,3)19-21(18,20-23(4,5)6)14(16-17-15)12-13-10-8-7-9-11-13/h7-11,14H,12H2,1-6H3. The van der Waals surface area contributed by atoms with Crippen LogP contribution in [0.4, 0.5) is 0 Å². The van der Waals surface area contributed by atoms with Crippen molar-refractivity contribution in [1.82, 2.24) is 0 Å². The van der Waals surface area contributed by atoms with E-state index in [2.05, 4.69) is 10.0 Å². The van der Waals surface area contributed by atoms with Crippen LogP contribution in [0, 0.1) is 0 Å². The largest absolute Gasteiger partial charge is 0.351 e. The zero-order valence-electron chi connectivity index (χ0n) is 14.7. The molecule has 0 radical (unpaired) electrons. The van der Waals surface area contributed by atoms with E-state index in [4.69, 9.17) is 14.0 Å². The van der Waals surface area contributed by atoms with Crippen molar-refractivity contribution in [3.63, 3.8) is 0 Å². The van der Waals surface area contributed by atoms with Gasteiger partial charge in [-0.2, -0.15) is 0 Å². The Hall–Kier alpha value is -0.886. The summed E-state index contributed by atoms with van der Waals surface area (Å²) in [6.07, 6.45) is 0.330. The molecule has 0 heterocycles. The summed E-state index contributed by atoms with van der Waals surface area (Å²) in [5.74, 6) is -0.853. The highest BCUT2D eigenvalue weighted by Crippen LogP contribution is 2.58. The van der Waals surface area contributed by atoms with E-state index in [0.717, 1.165) is 5.56 Å². The number of hydrogen-bond donors (Lipinski definition) is 0. The van der Waals surface area contributed by atoms with Crippen LogP contribution in [-0.4, -0.2) is 22.4 Å². The molecular formula is C14H26N3O3PSi2. The first-order valence-corrected chi connectivity index (χ1v) is 16.0. The maximum atomic E-state index is 13.5. The molecule has 1 rings (SSSR count). The van der Waals surface area contributed by atoms with E-state index < -0.39 is 30.0 Å². The molecule has 1 unspecified atom stereocenters. The Morgan fingerprint density at radius 3 is 1.96 bits per heavy atom. The molecule has 1 aromatic rings. The summed E-state index contributed by atoms with van der Waals surface area (Å²) >= 11 is 0. The second kappa shape index (κ2) is 7.79. The SMILES string of the molecule is C[Si](C)(C)OP(=O)(O[Si](C)(C)C)C(Cc1ccccc1)N=[N+]=[N-]. The highest BCUT2D eigenvalue weighted by atomic mass is 31.2. The van der Waals surface area contributed by atoms with E-state index in [1.54, 1.807) is 0 Å². The summed E-state index contributed by atoms with van der Waals surface area (Å²) < 4.78 is 25.4. The topological polar surface area (TPSA) is 84.3 Å². The van der Waals surface area contributed by atoms with Crippen LogP contribution in [0.25, 0.3) is 10.4 Å². The third-order valence-electron chi connectivity index (χ3n) is 2.61. The summed E-state index contributed by atoms with van der Waals surface area (Å²) in [5, 5.41) is 3.77. The third-order valence-corrected chi connectivity index (χ3v) is 10.0. The van der Waals surface area contributed by atoms with Crippen LogP contribution in [0.2, 0.25) is 39.3 Å². The second-order valence-electron chi connectivity index (χ2n) is 7.32. The Bertz CT molecular complexity index is 588. The van der Waals surface area contributed by atoms with Crippen LogP contribution < -0.4 is 0 Å². The number of hydrogen-bond acceptors (Lipinski definition) is 4. The minimum atomic E-state index is -3.55. The predicted octanol–water partition coefficient (Wildman–Crippen LogP) is 5.76. The van der Waals surface area contributed by atoms with Gasteiger partial charge < -0.3 is 8.43 Å². The fourth-order valence-corrected chi connectivity index (χ4v) is 10.2. The molecule has 0 N–H and O–H groups in total. The summed E-state index contributed by atoms with van der Waals surface area (Å²) in [5.41, 5.74) is 9.86. The number of benzene rings is 1. The van der Waals surface area contributed by atoms with Crippen molar-refractivity contribution in [2.45, 2.75) is 51.5 Å². The van der Waals surface area contributed by atoms with Gasteiger partial charge in [-0.25, -0.2) is 0 Å². The van der Waals surface area contributed by atoms with E-state index in [0.29, 0.717) is 6.42 Å². The van der Waals surface area contributed by atoms with E-state index in [1.807, 2.05) is 69.6 Å². The summed E-state index contributed by atoms with van der Waals surface area (Å²) in [4.78, 5) is 2.88. The lowest BCUT2D eigenvalue weighted by atomic mass is 10.1. The lowest BCUT2D eigenvalue weighted by Gasteiger charge is -2.34. The molecule has 23 heavy (non-hydrogen) atoms. The van der Waals surface area contributed by atoms with Crippen molar-refractivity contribution in [1.29, 1.82) is 0 Å². The molecule has 9 heteroatoms. The highest BCUT2D eigenvalue weighted by molar-refractivity contribution is 7.57. The smallest absolute Gasteiger partial charge is 0.320 e. The molecule has 0 aliphatic heterocycles. The molecule has 1 aromatic carbocycles. The molecule has 0 aliphatic carbocycles. The Labute approximate surface area is 140 Å². The predicted molar refractivity (Wildman–Crippen MR) is 99.5 cm³/mol. The molecule has 0 aliphatic rings. The third kappa shape index (κ3) is 7.48. The molecule has 6 nitrogen and oxygen atoms in total. The average Bonchev–Trinajstić information content (AvgIpc) is 2.35. The molecule has 0 saturated heterocycles. The molecule has 0 fully saturated rings. The Morgan fingerprint density at radius 2 is 1.57 bits per heavy atom. The van der Waals surface area contributed by atoms with Crippen molar-refractivity contribution in [2.24, 2.45) is 5.11 Å². The normalized spacial score (nSPS) is 14.2. The number of rotatable bonds is 8. The second-order valence-corrected chi connectivity index (χ2v) is 18.9. The van der Waals surface area contributed by atoms with Gasteiger partial charge in [0.05, 0.1) is 0 Å². The van der Waals surface area contributed by atoms with Crippen LogP contribution in [0.15, 0.2) is 35.4 Å². The van der Waals surface area contributed by atoms with E-state index >= 15 is 0 Å².